The quantitative estimate of drug-likeness (QED) is 0.887. The SMILES string of the molecule is COc1cc(Br)cc(NS(=O)(=O)c2cnccc2Cl)c1. The number of nitrogens with zero attached hydrogens (tertiary/aromatic N) is 1. The summed E-state index contributed by atoms with van der Waals surface area (Å²) >= 11 is 9.15. The summed E-state index contributed by atoms with van der Waals surface area (Å²) in [5.41, 5.74) is 0.358. The number of rotatable bonds is 4. The van der Waals surface area contributed by atoms with Gasteiger partial charge in [0.1, 0.15) is 10.6 Å². The van der Waals surface area contributed by atoms with Crippen LogP contribution in [0.4, 0.5) is 5.69 Å². The van der Waals surface area contributed by atoms with Crippen molar-refractivity contribution in [3.63, 3.8) is 0 Å². The molecule has 0 aliphatic rings. The lowest BCUT2D eigenvalue weighted by Crippen LogP contribution is -2.13. The molecule has 20 heavy (non-hydrogen) atoms. The third-order valence-electron chi connectivity index (χ3n) is 2.38. The van der Waals surface area contributed by atoms with Crippen LogP contribution in [-0.2, 0) is 10.0 Å². The van der Waals surface area contributed by atoms with E-state index in [4.69, 9.17) is 16.3 Å². The Morgan fingerprint density at radius 1 is 1.35 bits per heavy atom. The molecule has 106 valence electrons. The largest absolute Gasteiger partial charge is 0.497 e. The van der Waals surface area contributed by atoms with Crippen molar-refractivity contribution < 1.29 is 13.2 Å². The molecule has 0 aliphatic heterocycles. The zero-order valence-electron chi connectivity index (χ0n) is 10.3. The van der Waals surface area contributed by atoms with Crippen molar-refractivity contribution >= 4 is 43.2 Å². The Bertz CT molecular complexity index is 737. The van der Waals surface area contributed by atoms with Gasteiger partial charge >= 0.3 is 0 Å². The molecule has 2 aromatic rings. The summed E-state index contributed by atoms with van der Waals surface area (Å²) in [6.45, 7) is 0. The first-order valence-electron chi connectivity index (χ1n) is 5.39. The summed E-state index contributed by atoms with van der Waals surface area (Å²) in [6.07, 6.45) is 2.61. The third-order valence-corrected chi connectivity index (χ3v) is 4.69. The van der Waals surface area contributed by atoms with Crippen molar-refractivity contribution in [2.75, 3.05) is 11.8 Å². The third kappa shape index (κ3) is 3.41. The van der Waals surface area contributed by atoms with Gasteiger partial charge in [-0.2, -0.15) is 0 Å². The maximum atomic E-state index is 12.2. The monoisotopic (exact) mass is 376 g/mol. The van der Waals surface area contributed by atoms with Gasteiger partial charge in [0.25, 0.3) is 10.0 Å². The Balaban J connectivity index is 2.38. The van der Waals surface area contributed by atoms with E-state index in [0.717, 1.165) is 0 Å². The Hall–Kier alpha value is -1.31. The van der Waals surface area contributed by atoms with Gasteiger partial charge in [-0.25, -0.2) is 8.42 Å². The first-order chi connectivity index (χ1) is 9.42. The number of nitrogens with one attached hydrogen (secondary N) is 1. The minimum absolute atomic E-state index is 0.0828. The van der Waals surface area contributed by atoms with Gasteiger partial charge < -0.3 is 4.74 Å². The fraction of sp³-hybridized carbons (Fsp3) is 0.0833. The molecule has 0 aliphatic carbocycles. The lowest BCUT2D eigenvalue weighted by atomic mass is 10.3. The Kier molecular flexibility index (Phi) is 4.52. The predicted molar refractivity (Wildman–Crippen MR) is 80.7 cm³/mol. The van der Waals surface area contributed by atoms with Crippen molar-refractivity contribution in [1.82, 2.24) is 4.98 Å². The number of pyridine rings is 1. The van der Waals surface area contributed by atoms with E-state index < -0.39 is 10.0 Å². The number of ether oxygens (including phenoxy) is 1. The second-order valence-electron chi connectivity index (χ2n) is 3.79. The molecule has 0 fully saturated rings. The molecule has 0 bridgehead atoms. The van der Waals surface area contributed by atoms with E-state index in [1.54, 1.807) is 18.2 Å². The van der Waals surface area contributed by atoms with Crippen LogP contribution >= 0.6 is 27.5 Å². The van der Waals surface area contributed by atoms with Gasteiger partial charge in [-0.15, -0.1) is 0 Å². The molecule has 2 rings (SSSR count). The van der Waals surface area contributed by atoms with Crippen molar-refractivity contribution in [2.45, 2.75) is 4.90 Å². The molecule has 0 unspecified atom stereocenters. The molecule has 0 saturated heterocycles. The lowest BCUT2D eigenvalue weighted by Gasteiger charge is -2.10. The summed E-state index contributed by atoms with van der Waals surface area (Å²) < 4.78 is 32.7. The number of methoxy groups -OCH3 is 1. The molecule has 0 saturated carbocycles. The van der Waals surface area contributed by atoms with E-state index in [0.29, 0.717) is 15.9 Å². The molecular weight excluding hydrogens is 368 g/mol. The van der Waals surface area contributed by atoms with Crippen molar-refractivity contribution in [2.24, 2.45) is 0 Å². The first kappa shape index (κ1) is 15.1. The summed E-state index contributed by atoms with van der Waals surface area (Å²) in [5, 5.41) is 0.106. The smallest absolute Gasteiger partial charge is 0.264 e. The lowest BCUT2D eigenvalue weighted by molar-refractivity contribution is 0.415. The fourth-order valence-corrected chi connectivity index (χ4v) is 3.45. The highest BCUT2D eigenvalue weighted by atomic mass is 79.9. The average molecular weight is 378 g/mol. The van der Waals surface area contributed by atoms with Gasteiger partial charge in [0, 0.05) is 22.9 Å². The summed E-state index contributed by atoms with van der Waals surface area (Å²) in [6, 6.07) is 6.31. The highest BCUT2D eigenvalue weighted by molar-refractivity contribution is 9.10. The van der Waals surface area contributed by atoms with Crippen LogP contribution in [0.2, 0.25) is 5.02 Å². The van der Waals surface area contributed by atoms with Crippen LogP contribution in [0.3, 0.4) is 0 Å². The van der Waals surface area contributed by atoms with Crippen LogP contribution in [0, 0.1) is 0 Å². The zero-order chi connectivity index (χ0) is 14.8. The topological polar surface area (TPSA) is 68.3 Å². The van der Waals surface area contributed by atoms with Crippen molar-refractivity contribution in [3.05, 3.63) is 46.2 Å². The number of halogens is 2. The van der Waals surface area contributed by atoms with Crippen LogP contribution in [0.1, 0.15) is 0 Å². The number of aromatic nitrogens is 1. The van der Waals surface area contributed by atoms with E-state index >= 15 is 0 Å². The van der Waals surface area contributed by atoms with E-state index in [2.05, 4.69) is 25.6 Å². The molecule has 1 N–H and O–H groups in total. The van der Waals surface area contributed by atoms with E-state index in [1.807, 2.05) is 0 Å². The summed E-state index contributed by atoms with van der Waals surface area (Å²) in [7, 11) is -2.31. The van der Waals surface area contributed by atoms with E-state index in [9.17, 15) is 8.42 Å². The normalized spacial score (nSPS) is 11.2. The van der Waals surface area contributed by atoms with Gasteiger partial charge in [0.05, 0.1) is 17.8 Å². The number of anilines is 1. The number of hydrogen-bond donors (Lipinski definition) is 1. The van der Waals surface area contributed by atoms with Gasteiger partial charge in [0.15, 0.2) is 0 Å². The van der Waals surface area contributed by atoms with Crippen molar-refractivity contribution in [1.29, 1.82) is 0 Å². The molecule has 5 nitrogen and oxygen atoms in total. The maximum absolute atomic E-state index is 12.2. The van der Waals surface area contributed by atoms with Gasteiger partial charge in [-0.3, -0.25) is 9.71 Å². The Morgan fingerprint density at radius 2 is 2.10 bits per heavy atom. The second kappa shape index (κ2) is 5.99. The summed E-state index contributed by atoms with van der Waals surface area (Å²) in [4.78, 5) is 3.68. The molecule has 1 aromatic carbocycles. The molecule has 0 spiro atoms. The van der Waals surface area contributed by atoms with Crippen LogP contribution in [0.5, 0.6) is 5.75 Å². The highest BCUT2D eigenvalue weighted by Gasteiger charge is 2.18. The average Bonchev–Trinajstić information content (AvgIpc) is 2.37. The summed E-state index contributed by atoms with van der Waals surface area (Å²) in [5.74, 6) is 0.523. The van der Waals surface area contributed by atoms with Gasteiger partial charge in [-0.1, -0.05) is 27.5 Å². The molecular formula is C12H10BrClN2O3S. The van der Waals surface area contributed by atoms with Crippen molar-refractivity contribution in [3.8, 4) is 5.75 Å². The Morgan fingerprint density at radius 3 is 2.75 bits per heavy atom. The van der Waals surface area contributed by atoms with Crippen LogP contribution < -0.4 is 9.46 Å². The predicted octanol–water partition coefficient (Wildman–Crippen LogP) is 3.31. The van der Waals surface area contributed by atoms with Crippen LogP contribution in [0.25, 0.3) is 0 Å². The molecule has 1 aromatic heterocycles. The molecule has 0 radical (unpaired) electrons. The van der Waals surface area contributed by atoms with Gasteiger partial charge in [0.2, 0.25) is 0 Å². The Labute approximate surface area is 130 Å². The van der Waals surface area contributed by atoms with E-state index in [-0.39, 0.29) is 9.92 Å². The fourth-order valence-electron chi connectivity index (χ4n) is 1.51. The second-order valence-corrected chi connectivity index (χ2v) is 6.77. The van der Waals surface area contributed by atoms with Crippen LogP contribution in [-0.4, -0.2) is 20.5 Å². The first-order valence-corrected chi connectivity index (χ1v) is 8.05. The maximum Gasteiger partial charge on any atom is 0.264 e. The molecule has 0 atom stereocenters. The highest BCUT2D eigenvalue weighted by Crippen LogP contribution is 2.27. The minimum Gasteiger partial charge on any atom is -0.497 e. The van der Waals surface area contributed by atoms with Crippen LogP contribution in [0.15, 0.2) is 46.0 Å². The number of benzene rings is 1. The van der Waals surface area contributed by atoms with Gasteiger partial charge in [-0.05, 0) is 18.2 Å². The molecule has 0 amide bonds. The minimum atomic E-state index is -3.81. The standard InChI is InChI=1S/C12H10BrClN2O3S/c1-19-10-5-8(13)4-9(6-10)16-20(17,18)12-7-15-3-2-11(12)14/h2-7,16H,1H3. The molecule has 1 heterocycles. The molecule has 8 heteroatoms. The van der Waals surface area contributed by atoms with E-state index in [1.165, 1.54) is 25.6 Å². The number of hydrogen-bond acceptors (Lipinski definition) is 4. The zero-order valence-corrected chi connectivity index (χ0v) is 13.5. The number of sulfonamides is 1.